The molecule has 0 amide bonds. The SMILES string of the molecule is Cc1cc(C)c2c(c1)oc1cc(N(c3ccc4c(c3)C(C)(C)c3ccccc3-4)c3ccc4c(c3)C3(CCCC3)c3ccccc3-4)ccc12. The van der Waals surface area contributed by atoms with Crippen LogP contribution in [0.2, 0.25) is 0 Å². The number of rotatable bonds is 3. The van der Waals surface area contributed by atoms with Crippen LogP contribution in [-0.4, -0.2) is 0 Å². The Kier molecular flexibility index (Phi) is 5.67. The largest absolute Gasteiger partial charge is 0.456 e. The molecule has 2 heteroatoms. The summed E-state index contributed by atoms with van der Waals surface area (Å²) in [4.78, 5) is 2.47. The molecule has 1 spiro atoms. The van der Waals surface area contributed by atoms with Gasteiger partial charge in [0, 0.05) is 44.7 Å². The number of anilines is 3. The van der Waals surface area contributed by atoms with E-state index >= 15 is 0 Å². The zero-order valence-electron chi connectivity index (χ0n) is 28.2. The third kappa shape index (κ3) is 3.69. The highest BCUT2D eigenvalue weighted by atomic mass is 16.3. The number of aryl methyl sites for hydroxylation is 2. The Labute approximate surface area is 282 Å². The van der Waals surface area contributed by atoms with Gasteiger partial charge in [-0.3, -0.25) is 0 Å². The Balaban J connectivity index is 1.20. The van der Waals surface area contributed by atoms with Crippen molar-refractivity contribution in [3.63, 3.8) is 0 Å². The maximum absolute atomic E-state index is 6.59. The first-order valence-corrected chi connectivity index (χ1v) is 17.6. The van der Waals surface area contributed by atoms with E-state index in [0.717, 1.165) is 16.9 Å². The zero-order valence-corrected chi connectivity index (χ0v) is 28.2. The number of furan rings is 1. The molecule has 7 aromatic rings. The molecule has 1 heterocycles. The average molecular weight is 622 g/mol. The van der Waals surface area contributed by atoms with Gasteiger partial charge in [-0.1, -0.05) is 93.4 Å². The van der Waals surface area contributed by atoms with E-state index in [1.807, 2.05) is 0 Å². The maximum Gasteiger partial charge on any atom is 0.137 e. The Hall–Kier alpha value is -5.08. The number of hydrogen-bond donors (Lipinski definition) is 0. The lowest BCUT2D eigenvalue weighted by molar-refractivity contribution is 0.550. The molecule has 3 aliphatic rings. The first-order chi connectivity index (χ1) is 23.3. The van der Waals surface area contributed by atoms with E-state index in [0.29, 0.717) is 0 Å². The van der Waals surface area contributed by atoms with E-state index in [9.17, 15) is 0 Å². The summed E-state index contributed by atoms with van der Waals surface area (Å²) in [7, 11) is 0. The third-order valence-electron chi connectivity index (χ3n) is 11.9. The monoisotopic (exact) mass is 621 g/mol. The van der Waals surface area contributed by atoms with Crippen LogP contribution in [0.25, 0.3) is 44.2 Å². The van der Waals surface area contributed by atoms with Crippen molar-refractivity contribution in [3.05, 3.63) is 149 Å². The molecule has 0 saturated heterocycles. The second-order valence-electron chi connectivity index (χ2n) is 15.0. The predicted molar refractivity (Wildman–Crippen MR) is 200 cm³/mol. The summed E-state index contributed by atoms with van der Waals surface area (Å²) in [6, 6.07) is 43.6. The van der Waals surface area contributed by atoms with Gasteiger partial charge in [-0.2, -0.15) is 0 Å². The van der Waals surface area contributed by atoms with Crippen LogP contribution in [-0.2, 0) is 10.8 Å². The first kappa shape index (κ1) is 28.0. The van der Waals surface area contributed by atoms with Gasteiger partial charge in [-0.25, -0.2) is 0 Å². The van der Waals surface area contributed by atoms with Crippen LogP contribution in [0.15, 0.2) is 120 Å². The van der Waals surface area contributed by atoms with Gasteiger partial charge < -0.3 is 9.32 Å². The normalized spacial score (nSPS) is 16.3. The summed E-state index contributed by atoms with van der Waals surface area (Å²) < 4.78 is 6.59. The topological polar surface area (TPSA) is 16.4 Å². The van der Waals surface area contributed by atoms with Gasteiger partial charge in [0.2, 0.25) is 0 Å². The van der Waals surface area contributed by atoms with Gasteiger partial charge in [0.1, 0.15) is 11.2 Å². The standard InChI is InChI=1S/C46H39NO/c1-28-23-29(2)44-37-20-17-32(27-42(37)48-43(44)24-28)47(30-15-18-35-33-11-5-7-13-38(33)45(3,4)40(35)25-30)31-16-19-36-34-12-6-8-14-39(34)46(41(36)26-31)21-9-10-22-46/h5-8,11-20,23-27H,9-10,21-22H2,1-4H3. The van der Waals surface area contributed by atoms with Crippen molar-refractivity contribution in [2.45, 2.75) is 64.2 Å². The van der Waals surface area contributed by atoms with Crippen LogP contribution < -0.4 is 4.90 Å². The van der Waals surface area contributed by atoms with E-state index in [-0.39, 0.29) is 10.8 Å². The lowest BCUT2D eigenvalue weighted by Crippen LogP contribution is -2.21. The molecule has 1 aromatic heterocycles. The molecule has 0 radical (unpaired) electrons. The van der Waals surface area contributed by atoms with Crippen molar-refractivity contribution < 1.29 is 4.42 Å². The molecule has 6 aromatic carbocycles. The van der Waals surface area contributed by atoms with Gasteiger partial charge >= 0.3 is 0 Å². The molecule has 48 heavy (non-hydrogen) atoms. The molecule has 0 aliphatic heterocycles. The van der Waals surface area contributed by atoms with Crippen molar-refractivity contribution in [3.8, 4) is 22.3 Å². The molecule has 1 fully saturated rings. The molecule has 0 unspecified atom stereocenters. The fourth-order valence-electron chi connectivity index (χ4n) is 9.79. The minimum Gasteiger partial charge on any atom is -0.456 e. The van der Waals surface area contributed by atoms with Crippen LogP contribution in [0.4, 0.5) is 17.1 Å². The number of hydrogen-bond acceptors (Lipinski definition) is 2. The summed E-state index contributed by atoms with van der Waals surface area (Å²) in [5.74, 6) is 0. The van der Waals surface area contributed by atoms with Gasteiger partial charge in [0.25, 0.3) is 0 Å². The quantitative estimate of drug-likeness (QED) is 0.195. The van der Waals surface area contributed by atoms with Crippen LogP contribution in [0.1, 0.15) is 72.9 Å². The molecule has 0 N–H and O–H groups in total. The molecule has 10 rings (SSSR count). The Morgan fingerprint density at radius 1 is 0.542 bits per heavy atom. The summed E-state index contributed by atoms with van der Waals surface area (Å²) in [6.45, 7) is 9.07. The van der Waals surface area contributed by atoms with Crippen LogP contribution in [0.5, 0.6) is 0 Å². The summed E-state index contributed by atoms with van der Waals surface area (Å²) in [6.07, 6.45) is 5.00. The highest BCUT2D eigenvalue weighted by Gasteiger charge is 2.45. The minimum atomic E-state index is -0.0842. The van der Waals surface area contributed by atoms with Gasteiger partial charge in [0.15, 0.2) is 0 Å². The van der Waals surface area contributed by atoms with Crippen molar-refractivity contribution in [2.24, 2.45) is 0 Å². The Bertz CT molecular complexity index is 2470. The lowest BCUT2D eigenvalue weighted by Gasteiger charge is -2.31. The summed E-state index contributed by atoms with van der Waals surface area (Å²) >= 11 is 0. The lowest BCUT2D eigenvalue weighted by atomic mass is 9.76. The zero-order chi connectivity index (χ0) is 32.4. The predicted octanol–water partition coefficient (Wildman–Crippen LogP) is 12.8. The van der Waals surface area contributed by atoms with Crippen LogP contribution in [0, 0.1) is 13.8 Å². The fraction of sp³-hybridized carbons (Fsp3) is 0.217. The second-order valence-corrected chi connectivity index (χ2v) is 15.0. The summed E-state index contributed by atoms with van der Waals surface area (Å²) in [5.41, 5.74) is 19.2. The fourth-order valence-corrected chi connectivity index (χ4v) is 9.79. The molecule has 0 bridgehead atoms. The highest BCUT2D eigenvalue weighted by Crippen LogP contribution is 2.58. The van der Waals surface area contributed by atoms with Crippen LogP contribution in [0.3, 0.4) is 0 Å². The van der Waals surface area contributed by atoms with Gasteiger partial charge in [0.05, 0.1) is 0 Å². The molecule has 234 valence electrons. The van der Waals surface area contributed by atoms with Crippen molar-refractivity contribution in [1.82, 2.24) is 0 Å². The Morgan fingerprint density at radius 2 is 1.12 bits per heavy atom. The van der Waals surface area contributed by atoms with Gasteiger partial charge in [-0.15, -0.1) is 0 Å². The molecule has 2 nitrogen and oxygen atoms in total. The molecule has 1 saturated carbocycles. The second kappa shape index (κ2) is 9.73. The van der Waals surface area contributed by atoms with E-state index in [4.69, 9.17) is 4.42 Å². The van der Waals surface area contributed by atoms with Crippen molar-refractivity contribution >= 4 is 39.0 Å². The van der Waals surface area contributed by atoms with Gasteiger partial charge in [-0.05, 0) is 125 Å². The number of fused-ring (bicyclic) bond motifs is 11. The average Bonchev–Trinajstić information content (AvgIpc) is 3.84. The third-order valence-corrected chi connectivity index (χ3v) is 11.9. The van der Waals surface area contributed by atoms with E-state index in [2.05, 4.69) is 148 Å². The highest BCUT2D eigenvalue weighted by molar-refractivity contribution is 6.08. The smallest absolute Gasteiger partial charge is 0.137 e. The van der Waals surface area contributed by atoms with Crippen molar-refractivity contribution in [1.29, 1.82) is 0 Å². The van der Waals surface area contributed by atoms with Crippen LogP contribution >= 0.6 is 0 Å². The molecule has 0 atom stereocenters. The molecule has 3 aliphatic carbocycles. The Morgan fingerprint density at radius 3 is 1.88 bits per heavy atom. The minimum absolute atomic E-state index is 0.0842. The number of nitrogens with zero attached hydrogens (tertiary/aromatic N) is 1. The maximum atomic E-state index is 6.59. The first-order valence-electron chi connectivity index (χ1n) is 17.6. The number of benzene rings is 6. The van der Waals surface area contributed by atoms with E-state index < -0.39 is 0 Å². The molecular weight excluding hydrogens is 583 g/mol. The molecular formula is C46H39NO. The van der Waals surface area contributed by atoms with E-state index in [1.54, 1.807) is 0 Å². The van der Waals surface area contributed by atoms with E-state index in [1.165, 1.54) is 103 Å². The van der Waals surface area contributed by atoms with Crippen molar-refractivity contribution in [2.75, 3.05) is 4.90 Å². The summed E-state index contributed by atoms with van der Waals surface area (Å²) in [5, 5.41) is 2.38.